The van der Waals surface area contributed by atoms with Gasteiger partial charge in [-0.2, -0.15) is 13.2 Å². The minimum absolute atomic E-state index is 0.0783. The molecule has 1 fully saturated rings. The maximum atomic E-state index is 12.8. The third kappa shape index (κ3) is 4.38. The SMILES string of the molecule is CC(C)C1CCC(Cl)C(Cc2cccc(C(F)(F)F)c2)C1. The van der Waals surface area contributed by atoms with Crippen molar-refractivity contribution in [1.29, 1.82) is 0 Å². The quantitative estimate of drug-likeness (QED) is 0.606. The van der Waals surface area contributed by atoms with Gasteiger partial charge in [-0.05, 0) is 55.1 Å². The van der Waals surface area contributed by atoms with Crippen molar-refractivity contribution in [1.82, 2.24) is 0 Å². The molecule has 1 saturated carbocycles. The second kappa shape index (κ2) is 6.60. The van der Waals surface area contributed by atoms with Crippen LogP contribution < -0.4 is 0 Å². The third-order valence-corrected chi connectivity index (χ3v) is 5.20. The molecule has 0 nitrogen and oxygen atoms in total. The summed E-state index contributed by atoms with van der Waals surface area (Å²) >= 11 is 6.41. The molecule has 0 N–H and O–H groups in total. The molecule has 3 unspecified atom stereocenters. The van der Waals surface area contributed by atoms with E-state index in [2.05, 4.69) is 13.8 Å². The molecule has 3 atom stereocenters. The average molecular weight is 319 g/mol. The molecule has 0 heterocycles. The van der Waals surface area contributed by atoms with E-state index in [4.69, 9.17) is 11.6 Å². The van der Waals surface area contributed by atoms with Crippen LogP contribution in [0.2, 0.25) is 0 Å². The van der Waals surface area contributed by atoms with Gasteiger partial charge in [-0.3, -0.25) is 0 Å². The van der Waals surface area contributed by atoms with Crippen LogP contribution in [0.3, 0.4) is 0 Å². The molecular formula is C17H22ClF3. The van der Waals surface area contributed by atoms with Gasteiger partial charge >= 0.3 is 6.18 Å². The van der Waals surface area contributed by atoms with Crippen molar-refractivity contribution < 1.29 is 13.2 Å². The van der Waals surface area contributed by atoms with E-state index in [1.165, 1.54) is 12.1 Å². The second-order valence-electron chi connectivity index (χ2n) is 6.50. The number of alkyl halides is 4. The van der Waals surface area contributed by atoms with Crippen molar-refractivity contribution in [2.45, 2.75) is 51.1 Å². The van der Waals surface area contributed by atoms with E-state index in [1.54, 1.807) is 6.07 Å². The molecule has 1 aromatic carbocycles. The summed E-state index contributed by atoms with van der Waals surface area (Å²) in [6.07, 6.45) is -0.522. The minimum atomic E-state index is -4.27. The fraction of sp³-hybridized carbons (Fsp3) is 0.647. The molecule has 0 saturated heterocycles. The Morgan fingerprint density at radius 1 is 1.24 bits per heavy atom. The number of halogens is 4. The van der Waals surface area contributed by atoms with Crippen molar-refractivity contribution in [3.05, 3.63) is 35.4 Å². The summed E-state index contributed by atoms with van der Waals surface area (Å²) in [6.45, 7) is 4.42. The van der Waals surface area contributed by atoms with Gasteiger partial charge in [0.1, 0.15) is 0 Å². The summed E-state index contributed by atoms with van der Waals surface area (Å²) in [5, 5.41) is 0.0783. The normalized spacial score (nSPS) is 27.1. The monoisotopic (exact) mass is 318 g/mol. The molecule has 2 rings (SSSR count). The highest BCUT2D eigenvalue weighted by molar-refractivity contribution is 6.20. The number of hydrogen-bond acceptors (Lipinski definition) is 0. The largest absolute Gasteiger partial charge is 0.416 e. The van der Waals surface area contributed by atoms with Crippen LogP contribution in [0.25, 0.3) is 0 Å². The molecule has 1 aromatic rings. The van der Waals surface area contributed by atoms with Crippen molar-refractivity contribution in [2.24, 2.45) is 17.8 Å². The van der Waals surface area contributed by atoms with Crippen molar-refractivity contribution in [3.63, 3.8) is 0 Å². The predicted molar refractivity (Wildman–Crippen MR) is 80.5 cm³/mol. The number of benzene rings is 1. The Labute approximate surface area is 129 Å². The standard InChI is InChI=1S/C17H22ClF3/c1-11(2)13-6-7-16(18)14(10-13)8-12-4-3-5-15(9-12)17(19,20)21/h3-5,9,11,13-14,16H,6-8,10H2,1-2H3. The molecule has 0 spiro atoms. The van der Waals surface area contributed by atoms with Crippen LogP contribution in [0.5, 0.6) is 0 Å². The highest BCUT2D eigenvalue weighted by Gasteiger charge is 2.32. The second-order valence-corrected chi connectivity index (χ2v) is 7.06. The third-order valence-electron chi connectivity index (χ3n) is 4.63. The lowest BCUT2D eigenvalue weighted by atomic mass is 9.74. The van der Waals surface area contributed by atoms with Gasteiger partial charge in [0, 0.05) is 5.38 Å². The van der Waals surface area contributed by atoms with Gasteiger partial charge in [0.2, 0.25) is 0 Å². The van der Waals surface area contributed by atoms with Crippen LogP contribution >= 0.6 is 11.6 Å². The van der Waals surface area contributed by atoms with E-state index in [1.807, 2.05) is 0 Å². The molecule has 118 valence electrons. The molecule has 0 amide bonds. The highest BCUT2D eigenvalue weighted by atomic mass is 35.5. The lowest BCUT2D eigenvalue weighted by Gasteiger charge is -2.35. The average Bonchev–Trinajstić information content (AvgIpc) is 2.40. The van der Waals surface area contributed by atoms with E-state index in [0.29, 0.717) is 18.3 Å². The first-order valence-corrected chi connectivity index (χ1v) is 8.01. The van der Waals surface area contributed by atoms with Crippen molar-refractivity contribution >= 4 is 11.6 Å². The van der Waals surface area contributed by atoms with E-state index >= 15 is 0 Å². The van der Waals surface area contributed by atoms with E-state index in [-0.39, 0.29) is 11.3 Å². The summed E-state index contributed by atoms with van der Waals surface area (Å²) in [5.41, 5.74) is 0.173. The smallest absolute Gasteiger partial charge is 0.166 e. The maximum absolute atomic E-state index is 12.8. The zero-order chi connectivity index (χ0) is 15.6. The summed E-state index contributed by atoms with van der Waals surface area (Å²) in [5.74, 6) is 1.52. The van der Waals surface area contributed by atoms with Gasteiger partial charge < -0.3 is 0 Å². The Balaban J connectivity index is 2.09. The Morgan fingerprint density at radius 3 is 2.57 bits per heavy atom. The zero-order valence-corrected chi connectivity index (χ0v) is 13.2. The Hall–Kier alpha value is -0.700. The zero-order valence-electron chi connectivity index (χ0n) is 12.5. The van der Waals surface area contributed by atoms with Gasteiger partial charge in [0.25, 0.3) is 0 Å². The summed E-state index contributed by atoms with van der Waals surface area (Å²) in [6, 6.07) is 5.66. The lowest BCUT2D eigenvalue weighted by molar-refractivity contribution is -0.137. The maximum Gasteiger partial charge on any atom is 0.416 e. The van der Waals surface area contributed by atoms with Crippen LogP contribution in [0.15, 0.2) is 24.3 Å². The molecule has 1 aliphatic rings. The van der Waals surface area contributed by atoms with Crippen LogP contribution in [0, 0.1) is 17.8 Å². The Morgan fingerprint density at radius 2 is 1.95 bits per heavy atom. The summed E-state index contributed by atoms with van der Waals surface area (Å²) in [4.78, 5) is 0. The molecule has 0 bridgehead atoms. The topological polar surface area (TPSA) is 0 Å². The van der Waals surface area contributed by atoms with Crippen LogP contribution in [-0.2, 0) is 12.6 Å². The van der Waals surface area contributed by atoms with Gasteiger partial charge in [0.05, 0.1) is 5.56 Å². The first-order chi connectivity index (χ1) is 9.77. The fourth-order valence-corrected chi connectivity index (χ4v) is 3.58. The first-order valence-electron chi connectivity index (χ1n) is 7.57. The molecule has 1 aliphatic carbocycles. The van der Waals surface area contributed by atoms with Crippen LogP contribution in [0.4, 0.5) is 13.2 Å². The molecule has 4 heteroatoms. The first kappa shape index (κ1) is 16.7. The molecule has 0 aromatic heterocycles. The molecule has 0 aliphatic heterocycles. The van der Waals surface area contributed by atoms with Gasteiger partial charge in [0.15, 0.2) is 0 Å². The summed E-state index contributed by atoms with van der Waals surface area (Å²) in [7, 11) is 0. The fourth-order valence-electron chi connectivity index (χ4n) is 3.26. The Kier molecular flexibility index (Phi) is 5.24. The lowest BCUT2D eigenvalue weighted by Crippen LogP contribution is -2.29. The summed E-state index contributed by atoms with van der Waals surface area (Å²) < 4.78 is 38.3. The van der Waals surface area contributed by atoms with E-state index in [0.717, 1.165) is 30.9 Å². The van der Waals surface area contributed by atoms with Crippen LogP contribution in [0.1, 0.15) is 44.2 Å². The highest BCUT2D eigenvalue weighted by Crippen LogP contribution is 2.38. The molecule has 0 radical (unpaired) electrons. The predicted octanol–water partition coefficient (Wildman–Crippen LogP) is 5.93. The van der Waals surface area contributed by atoms with Gasteiger partial charge in [-0.15, -0.1) is 11.6 Å². The van der Waals surface area contributed by atoms with E-state index < -0.39 is 11.7 Å². The number of hydrogen-bond donors (Lipinski definition) is 0. The Bertz CT molecular complexity index is 467. The van der Waals surface area contributed by atoms with Crippen molar-refractivity contribution in [3.8, 4) is 0 Å². The molecular weight excluding hydrogens is 297 g/mol. The number of rotatable bonds is 3. The van der Waals surface area contributed by atoms with Gasteiger partial charge in [-0.25, -0.2) is 0 Å². The molecule has 21 heavy (non-hydrogen) atoms. The van der Waals surface area contributed by atoms with E-state index in [9.17, 15) is 13.2 Å². The van der Waals surface area contributed by atoms with Crippen molar-refractivity contribution in [2.75, 3.05) is 0 Å². The van der Waals surface area contributed by atoms with Gasteiger partial charge in [-0.1, -0.05) is 32.0 Å². The van der Waals surface area contributed by atoms with Crippen LogP contribution in [-0.4, -0.2) is 5.38 Å². The minimum Gasteiger partial charge on any atom is -0.166 e.